The van der Waals surface area contributed by atoms with E-state index in [1.54, 1.807) is 12.3 Å². The van der Waals surface area contributed by atoms with Gasteiger partial charge >= 0.3 is 5.97 Å². The highest BCUT2D eigenvalue weighted by molar-refractivity contribution is 7.99. The first-order chi connectivity index (χ1) is 9.47. The van der Waals surface area contributed by atoms with E-state index >= 15 is 0 Å². The van der Waals surface area contributed by atoms with Crippen molar-refractivity contribution in [1.29, 1.82) is 0 Å². The molecule has 2 heterocycles. The van der Waals surface area contributed by atoms with Crippen molar-refractivity contribution in [2.45, 2.75) is 36.9 Å². The van der Waals surface area contributed by atoms with Gasteiger partial charge in [-0.2, -0.15) is 0 Å². The number of carboxylic acids is 1. The smallest absolute Gasteiger partial charge is 0.338 e. The number of hydrogen-bond donors (Lipinski definition) is 1. The van der Waals surface area contributed by atoms with Crippen LogP contribution in [0.5, 0.6) is 0 Å². The van der Waals surface area contributed by atoms with Gasteiger partial charge in [-0.25, -0.2) is 19.7 Å². The number of carboxylic acid groups (broad SMARTS) is 1. The maximum Gasteiger partial charge on any atom is 0.338 e. The third-order valence-electron chi connectivity index (χ3n) is 2.63. The Morgan fingerprint density at radius 3 is 2.75 bits per heavy atom. The third kappa shape index (κ3) is 3.33. The Bertz CT molecular complexity index is 644. The molecule has 2 aromatic rings. The van der Waals surface area contributed by atoms with Gasteiger partial charge in [-0.15, -0.1) is 0 Å². The van der Waals surface area contributed by atoms with Crippen LogP contribution >= 0.6 is 11.8 Å². The topological polar surface area (TPSA) is 76.0 Å². The number of pyridine rings is 1. The minimum atomic E-state index is -1.00. The summed E-state index contributed by atoms with van der Waals surface area (Å²) in [6, 6.07) is 5.06. The second kappa shape index (κ2) is 6.00. The second-order valence-electron chi connectivity index (χ2n) is 4.63. The van der Waals surface area contributed by atoms with Gasteiger partial charge < -0.3 is 5.11 Å². The molecule has 0 saturated carbocycles. The molecular weight excluding hydrogens is 274 g/mol. The molecule has 1 N–H and O–H groups in total. The molecule has 0 aliphatic carbocycles. The van der Waals surface area contributed by atoms with E-state index in [2.05, 4.69) is 28.8 Å². The SMILES string of the molecule is Cc1cc(C(C)C)nc(Sc2ncccc2C(=O)O)n1. The monoisotopic (exact) mass is 289 g/mol. The Balaban J connectivity index is 2.38. The summed E-state index contributed by atoms with van der Waals surface area (Å²) in [7, 11) is 0. The first-order valence-electron chi connectivity index (χ1n) is 6.19. The highest BCUT2D eigenvalue weighted by atomic mass is 32.2. The summed E-state index contributed by atoms with van der Waals surface area (Å²) in [5.74, 6) is -0.712. The molecule has 0 saturated heterocycles. The van der Waals surface area contributed by atoms with Crippen LogP contribution < -0.4 is 0 Å². The summed E-state index contributed by atoms with van der Waals surface area (Å²) in [6.45, 7) is 6.01. The van der Waals surface area contributed by atoms with Crippen LogP contribution in [0, 0.1) is 6.92 Å². The molecule has 0 fully saturated rings. The van der Waals surface area contributed by atoms with E-state index < -0.39 is 5.97 Å². The highest BCUT2D eigenvalue weighted by Gasteiger charge is 2.14. The Labute approximate surface area is 121 Å². The van der Waals surface area contributed by atoms with E-state index in [9.17, 15) is 4.79 Å². The van der Waals surface area contributed by atoms with Crippen molar-refractivity contribution in [3.8, 4) is 0 Å². The number of aromatic nitrogens is 3. The molecule has 0 aromatic carbocycles. The molecule has 104 valence electrons. The van der Waals surface area contributed by atoms with Crippen molar-refractivity contribution in [3.05, 3.63) is 41.3 Å². The van der Waals surface area contributed by atoms with Crippen molar-refractivity contribution in [2.24, 2.45) is 0 Å². The number of nitrogens with zero attached hydrogens (tertiary/aromatic N) is 3. The predicted molar refractivity (Wildman–Crippen MR) is 76.2 cm³/mol. The zero-order valence-electron chi connectivity index (χ0n) is 11.5. The van der Waals surface area contributed by atoms with E-state index in [0.29, 0.717) is 16.1 Å². The van der Waals surface area contributed by atoms with Crippen LogP contribution in [0.2, 0.25) is 0 Å². The number of hydrogen-bond acceptors (Lipinski definition) is 5. The lowest BCUT2D eigenvalue weighted by molar-refractivity contribution is 0.0692. The number of aryl methyl sites for hydroxylation is 1. The fraction of sp³-hybridized carbons (Fsp3) is 0.286. The normalized spacial score (nSPS) is 10.8. The van der Waals surface area contributed by atoms with Crippen LogP contribution in [-0.2, 0) is 0 Å². The largest absolute Gasteiger partial charge is 0.478 e. The summed E-state index contributed by atoms with van der Waals surface area (Å²) in [6.07, 6.45) is 1.56. The molecule has 0 unspecified atom stereocenters. The zero-order chi connectivity index (χ0) is 14.7. The van der Waals surface area contributed by atoms with Crippen LogP contribution in [0.3, 0.4) is 0 Å². The van der Waals surface area contributed by atoms with Crippen LogP contribution in [0.15, 0.2) is 34.6 Å². The molecule has 0 aliphatic heterocycles. The zero-order valence-corrected chi connectivity index (χ0v) is 12.3. The second-order valence-corrected chi connectivity index (χ2v) is 5.59. The fourth-order valence-corrected chi connectivity index (χ4v) is 2.52. The molecule has 2 aromatic heterocycles. The molecule has 20 heavy (non-hydrogen) atoms. The van der Waals surface area contributed by atoms with Gasteiger partial charge in [0.25, 0.3) is 0 Å². The van der Waals surface area contributed by atoms with Crippen molar-refractivity contribution < 1.29 is 9.90 Å². The first-order valence-corrected chi connectivity index (χ1v) is 7.00. The Hall–Kier alpha value is -1.95. The van der Waals surface area contributed by atoms with Gasteiger partial charge in [-0.05, 0) is 42.8 Å². The third-order valence-corrected chi connectivity index (χ3v) is 3.52. The van der Waals surface area contributed by atoms with Crippen molar-refractivity contribution in [3.63, 3.8) is 0 Å². The maximum atomic E-state index is 11.2. The first kappa shape index (κ1) is 14.5. The van der Waals surface area contributed by atoms with Crippen LogP contribution in [0.25, 0.3) is 0 Å². The minimum Gasteiger partial charge on any atom is -0.478 e. The van der Waals surface area contributed by atoms with E-state index in [1.165, 1.54) is 17.8 Å². The van der Waals surface area contributed by atoms with Crippen molar-refractivity contribution >= 4 is 17.7 Å². The fourth-order valence-electron chi connectivity index (χ4n) is 1.63. The Kier molecular flexibility index (Phi) is 4.34. The van der Waals surface area contributed by atoms with Gasteiger partial charge in [0.2, 0.25) is 0 Å². The van der Waals surface area contributed by atoms with E-state index in [4.69, 9.17) is 5.11 Å². The standard InChI is InChI=1S/C14H15N3O2S/c1-8(2)11-7-9(3)16-14(17-11)20-12-10(13(18)19)5-4-6-15-12/h4-8H,1-3H3,(H,18,19). The molecule has 0 atom stereocenters. The van der Waals surface area contributed by atoms with Gasteiger partial charge in [-0.3, -0.25) is 0 Å². The maximum absolute atomic E-state index is 11.2. The van der Waals surface area contributed by atoms with Gasteiger partial charge in [0, 0.05) is 17.6 Å². The lowest BCUT2D eigenvalue weighted by Gasteiger charge is -2.08. The number of rotatable bonds is 4. The summed E-state index contributed by atoms with van der Waals surface area (Å²) >= 11 is 1.17. The molecule has 5 nitrogen and oxygen atoms in total. The lowest BCUT2D eigenvalue weighted by atomic mass is 10.1. The Morgan fingerprint density at radius 2 is 2.10 bits per heavy atom. The highest BCUT2D eigenvalue weighted by Crippen LogP contribution is 2.27. The summed E-state index contributed by atoms with van der Waals surface area (Å²) in [4.78, 5) is 24.0. The van der Waals surface area contributed by atoms with E-state index in [0.717, 1.165) is 11.4 Å². The minimum absolute atomic E-state index is 0.161. The number of aromatic carboxylic acids is 1. The molecule has 0 radical (unpaired) electrons. The average molecular weight is 289 g/mol. The molecule has 0 bridgehead atoms. The predicted octanol–water partition coefficient (Wildman–Crippen LogP) is 3.15. The van der Waals surface area contributed by atoms with Crippen molar-refractivity contribution in [2.75, 3.05) is 0 Å². The van der Waals surface area contributed by atoms with E-state index in [-0.39, 0.29) is 5.56 Å². The van der Waals surface area contributed by atoms with Crippen molar-refractivity contribution in [1.82, 2.24) is 15.0 Å². The van der Waals surface area contributed by atoms with Crippen LogP contribution in [0.1, 0.15) is 41.5 Å². The van der Waals surface area contributed by atoms with Gasteiger partial charge in [0.15, 0.2) is 5.16 Å². The molecule has 6 heteroatoms. The molecule has 0 amide bonds. The molecule has 2 rings (SSSR count). The van der Waals surface area contributed by atoms with Gasteiger partial charge in [0.05, 0.1) is 5.56 Å². The lowest BCUT2D eigenvalue weighted by Crippen LogP contribution is -2.02. The van der Waals surface area contributed by atoms with E-state index in [1.807, 2.05) is 13.0 Å². The molecule has 0 spiro atoms. The average Bonchev–Trinajstić information content (AvgIpc) is 2.38. The quantitative estimate of drug-likeness (QED) is 0.871. The van der Waals surface area contributed by atoms with Gasteiger partial charge in [0.1, 0.15) is 5.03 Å². The van der Waals surface area contributed by atoms with Crippen LogP contribution in [-0.4, -0.2) is 26.0 Å². The number of carbonyl (C=O) groups is 1. The molecule has 0 aliphatic rings. The molecular formula is C14H15N3O2S. The summed E-state index contributed by atoms with van der Waals surface area (Å²) < 4.78 is 0. The van der Waals surface area contributed by atoms with Crippen LogP contribution in [0.4, 0.5) is 0 Å². The Morgan fingerprint density at radius 1 is 1.35 bits per heavy atom. The van der Waals surface area contributed by atoms with Gasteiger partial charge in [-0.1, -0.05) is 13.8 Å². The summed E-state index contributed by atoms with van der Waals surface area (Å²) in [5, 5.41) is 10.1. The summed E-state index contributed by atoms with van der Waals surface area (Å²) in [5.41, 5.74) is 1.96.